The third-order valence-corrected chi connectivity index (χ3v) is 4.89. The highest BCUT2D eigenvalue weighted by molar-refractivity contribution is 7.10. The van der Waals surface area contributed by atoms with E-state index in [1.807, 2.05) is 11.3 Å². The maximum Gasteiger partial charge on any atom is 0.119 e. The largest absolute Gasteiger partial charge is 0.492 e. The van der Waals surface area contributed by atoms with Crippen LogP contribution in [0, 0.1) is 6.92 Å². The molecule has 21 heavy (non-hydrogen) atoms. The monoisotopic (exact) mass is 303 g/mol. The van der Waals surface area contributed by atoms with Crippen molar-refractivity contribution in [1.29, 1.82) is 0 Å². The molecular formula is C18H25NOS. The van der Waals surface area contributed by atoms with Crippen molar-refractivity contribution in [2.45, 2.75) is 39.7 Å². The molecular weight excluding hydrogens is 278 g/mol. The second-order valence-electron chi connectivity index (χ2n) is 5.43. The predicted molar refractivity (Wildman–Crippen MR) is 91.4 cm³/mol. The number of rotatable bonds is 8. The van der Waals surface area contributed by atoms with Gasteiger partial charge in [0.25, 0.3) is 0 Å². The zero-order valence-electron chi connectivity index (χ0n) is 13.2. The van der Waals surface area contributed by atoms with Gasteiger partial charge in [0.05, 0.1) is 0 Å². The van der Waals surface area contributed by atoms with Gasteiger partial charge in [-0.05, 0) is 54.0 Å². The summed E-state index contributed by atoms with van der Waals surface area (Å²) in [6.45, 7) is 9.13. The van der Waals surface area contributed by atoms with Gasteiger partial charge in [-0.2, -0.15) is 0 Å². The summed E-state index contributed by atoms with van der Waals surface area (Å²) >= 11 is 1.81. The van der Waals surface area contributed by atoms with Crippen LogP contribution >= 0.6 is 11.3 Å². The molecule has 1 aromatic heterocycles. The van der Waals surface area contributed by atoms with Crippen molar-refractivity contribution in [3.8, 4) is 5.75 Å². The van der Waals surface area contributed by atoms with Gasteiger partial charge in [0.2, 0.25) is 0 Å². The molecule has 1 N–H and O–H groups in total. The number of thiophene rings is 1. The van der Waals surface area contributed by atoms with E-state index in [1.54, 1.807) is 0 Å². The number of benzene rings is 1. The summed E-state index contributed by atoms with van der Waals surface area (Å²) in [5, 5.41) is 5.56. The summed E-state index contributed by atoms with van der Waals surface area (Å²) in [6.07, 6.45) is 1.17. The van der Waals surface area contributed by atoms with Crippen LogP contribution in [-0.2, 0) is 6.54 Å². The molecule has 0 aliphatic heterocycles. The molecule has 0 amide bonds. The topological polar surface area (TPSA) is 21.3 Å². The summed E-state index contributed by atoms with van der Waals surface area (Å²) in [4.78, 5) is 1.41. The van der Waals surface area contributed by atoms with Crippen LogP contribution in [0.15, 0.2) is 35.7 Å². The number of nitrogens with one attached hydrogen (secondary N) is 1. The molecule has 0 bridgehead atoms. The summed E-state index contributed by atoms with van der Waals surface area (Å²) in [5.74, 6) is 1.57. The van der Waals surface area contributed by atoms with Gasteiger partial charge in [0, 0.05) is 18.0 Å². The Bertz CT molecular complexity index is 532. The van der Waals surface area contributed by atoms with E-state index >= 15 is 0 Å². The summed E-state index contributed by atoms with van der Waals surface area (Å²) < 4.78 is 5.76. The molecule has 1 unspecified atom stereocenters. The first-order valence-electron chi connectivity index (χ1n) is 7.67. The van der Waals surface area contributed by atoms with Crippen LogP contribution in [0.3, 0.4) is 0 Å². The van der Waals surface area contributed by atoms with Gasteiger partial charge >= 0.3 is 0 Å². The Labute approximate surface area is 132 Å². The van der Waals surface area contributed by atoms with E-state index in [2.05, 4.69) is 61.8 Å². The van der Waals surface area contributed by atoms with Crippen molar-refractivity contribution >= 4 is 11.3 Å². The van der Waals surface area contributed by atoms with Crippen molar-refractivity contribution in [3.63, 3.8) is 0 Å². The Morgan fingerprint density at radius 1 is 1.19 bits per heavy atom. The normalized spacial score (nSPS) is 12.3. The van der Waals surface area contributed by atoms with E-state index < -0.39 is 0 Å². The molecule has 0 saturated carbocycles. The minimum atomic E-state index is 0.620. The van der Waals surface area contributed by atoms with Crippen molar-refractivity contribution in [2.75, 3.05) is 13.2 Å². The van der Waals surface area contributed by atoms with Crippen molar-refractivity contribution < 1.29 is 4.74 Å². The Morgan fingerprint density at radius 3 is 2.57 bits per heavy atom. The SMILES string of the molecule is CCC(C)c1ccc(OCCNCc2sccc2C)cc1. The average molecular weight is 303 g/mol. The minimum absolute atomic E-state index is 0.620. The van der Waals surface area contributed by atoms with Crippen LogP contribution < -0.4 is 10.1 Å². The molecule has 3 heteroatoms. The van der Waals surface area contributed by atoms with Crippen LogP contribution in [0.5, 0.6) is 5.75 Å². The van der Waals surface area contributed by atoms with E-state index in [0.717, 1.165) is 18.8 Å². The predicted octanol–water partition coefficient (Wildman–Crippen LogP) is 4.74. The van der Waals surface area contributed by atoms with Crippen LogP contribution in [0.4, 0.5) is 0 Å². The maximum atomic E-state index is 5.76. The lowest BCUT2D eigenvalue weighted by Gasteiger charge is -2.11. The molecule has 0 aliphatic carbocycles. The summed E-state index contributed by atoms with van der Waals surface area (Å²) in [5.41, 5.74) is 2.75. The fourth-order valence-electron chi connectivity index (χ4n) is 2.16. The quantitative estimate of drug-likeness (QED) is 0.711. The van der Waals surface area contributed by atoms with Crippen molar-refractivity contribution in [3.05, 3.63) is 51.7 Å². The molecule has 2 rings (SSSR count). The van der Waals surface area contributed by atoms with E-state index in [9.17, 15) is 0 Å². The molecule has 1 atom stereocenters. The van der Waals surface area contributed by atoms with E-state index in [4.69, 9.17) is 4.74 Å². The van der Waals surface area contributed by atoms with Crippen LogP contribution in [0.2, 0.25) is 0 Å². The fraction of sp³-hybridized carbons (Fsp3) is 0.444. The lowest BCUT2D eigenvalue weighted by molar-refractivity contribution is 0.313. The Kier molecular flexibility index (Phi) is 6.27. The summed E-state index contributed by atoms with van der Waals surface area (Å²) in [6, 6.07) is 10.7. The third kappa shape index (κ3) is 4.87. The lowest BCUT2D eigenvalue weighted by Crippen LogP contribution is -2.20. The molecule has 114 valence electrons. The molecule has 0 radical (unpaired) electrons. The molecule has 0 aliphatic rings. The van der Waals surface area contributed by atoms with E-state index in [1.165, 1.54) is 22.4 Å². The van der Waals surface area contributed by atoms with Crippen LogP contribution in [0.25, 0.3) is 0 Å². The fourth-order valence-corrected chi connectivity index (χ4v) is 3.03. The lowest BCUT2D eigenvalue weighted by atomic mass is 9.99. The smallest absolute Gasteiger partial charge is 0.119 e. The Balaban J connectivity index is 1.68. The zero-order valence-corrected chi connectivity index (χ0v) is 14.0. The standard InChI is InChI=1S/C18H25NOS/c1-4-14(2)16-5-7-17(8-6-16)20-11-10-19-13-18-15(3)9-12-21-18/h5-9,12,14,19H,4,10-11,13H2,1-3H3. The van der Waals surface area contributed by atoms with Gasteiger partial charge in [-0.15, -0.1) is 11.3 Å². The van der Waals surface area contributed by atoms with Crippen molar-refractivity contribution in [1.82, 2.24) is 5.32 Å². The first-order valence-corrected chi connectivity index (χ1v) is 8.55. The number of hydrogen-bond donors (Lipinski definition) is 1. The van der Waals surface area contributed by atoms with Gasteiger partial charge in [-0.1, -0.05) is 26.0 Å². The van der Waals surface area contributed by atoms with Gasteiger partial charge in [0.1, 0.15) is 12.4 Å². The highest BCUT2D eigenvalue weighted by Gasteiger charge is 2.03. The zero-order chi connectivity index (χ0) is 15.1. The number of ether oxygens (including phenoxy) is 1. The number of aryl methyl sites for hydroxylation is 1. The first-order chi connectivity index (χ1) is 10.2. The number of hydrogen-bond acceptors (Lipinski definition) is 3. The highest BCUT2D eigenvalue weighted by atomic mass is 32.1. The molecule has 2 aromatic rings. The van der Waals surface area contributed by atoms with Crippen molar-refractivity contribution in [2.24, 2.45) is 0 Å². The highest BCUT2D eigenvalue weighted by Crippen LogP contribution is 2.21. The second-order valence-corrected chi connectivity index (χ2v) is 6.43. The molecule has 1 heterocycles. The second kappa shape index (κ2) is 8.20. The molecule has 1 aromatic carbocycles. The van der Waals surface area contributed by atoms with Gasteiger partial charge in [-0.3, -0.25) is 0 Å². The van der Waals surface area contributed by atoms with E-state index in [0.29, 0.717) is 12.5 Å². The first kappa shape index (κ1) is 16.1. The Morgan fingerprint density at radius 2 is 1.95 bits per heavy atom. The third-order valence-electron chi connectivity index (χ3n) is 3.86. The van der Waals surface area contributed by atoms with E-state index in [-0.39, 0.29) is 0 Å². The molecule has 2 nitrogen and oxygen atoms in total. The molecule has 0 spiro atoms. The van der Waals surface area contributed by atoms with Gasteiger partial charge in [0.15, 0.2) is 0 Å². The average Bonchev–Trinajstić information content (AvgIpc) is 2.92. The minimum Gasteiger partial charge on any atom is -0.492 e. The van der Waals surface area contributed by atoms with Gasteiger partial charge in [-0.25, -0.2) is 0 Å². The van der Waals surface area contributed by atoms with Crippen LogP contribution in [-0.4, -0.2) is 13.2 Å². The summed E-state index contributed by atoms with van der Waals surface area (Å²) in [7, 11) is 0. The van der Waals surface area contributed by atoms with Gasteiger partial charge < -0.3 is 10.1 Å². The maximum absolute atomic E-state index is 5.76. The molecule has 0 saturated heterocycles. The molecule has 0 fully saturated rings. The van der Waals surface area contributed by atoms with Crippen LogP contribution in [0.1, 0.15) is 42.2 Å². The Hall–Kier alpha value is -1.32.